The van der Waals surface area contributed by atoms with Gasteiger partial charge in [-0.2, -0.15) is 5.26 Å². The van der Waals surface area contributed by atoms with Gasteiger partial charge in [-0.3, -0.25) is 4.90 Å². The van der Waals surface area contributed by atoms with Gasteiger partial charge in [0.15, 0.2) is 0 Å². The van der Waals surface area contributed by atoms with Crippen LogP contribution in [0.1, 0.15) is 27.2 Å². The molecule has 6 heteroatoms. The van der Waals surface area contributed by atoms with E-state index in [4.69, 9.17) is 5.26 Å². The Morgan fingerprint density at radius 3 is 2.88 bits per heavy atom. The SMILES string of the molecule is CCC(C)N(N=O)C(C)N1CSCC1C#N. The van der Waals surface area contributed by atoms with Gasteiger partial charge in [-0.25, -0.2) is 5.01 Å². The summed E-state index contributed by atoms with van der Waals surface area (Å²) in [6.45, 7) is 5.93. The summed E-state index contributed by atoms with van der Waals surface area (Å²) in [6, 6.07) is 2.27. The second-order valence-corrected chi connectivity index (χ2v) is 5.01. The second-order valence-electron chi connectivity index (χ2n) is 4.01. The van der Waals surface area contributed by atoms with Gasteiger partial charge in [0.05, 0.1) is 11.4 Å². The smallest absolute Gasteiger partial charge is 0.109 e. The van der Waals surface area contributed by atoms with Crippen LogP contribution in [0.15, 0.2) is 5.29 Å². The molecular formula is C10H18N4OS. The molecular weight excluding hydrogens is 224 g/mol. The van der Waals surface area contributed by atoms with Crippen LogP contribution in [0, 0.1) is 16.2 Å². The molecule has 0 N–H and O–H groups in total. The molecule has 0 aromatic carbocycles. The quantitative estimate of drug-likeness (QED) is 0.545. The van der Waals surface area contributed by atoms with E-state index in [0.717, 1.165) is 18.1 Å². The molecule has 1 aliphatic heterocycles. The van der Waals surface area contributed by atoms with Crippen molar-refractivity contribution in [3.05, 3.63) is 4.91 Å². The molecule has 0 spiro atoms. The first-order chi connectivity index (χ1) is 7.65. The van der Waals surface area contributed by atoms with E-state index in [1.165, 1.54) is 0 Å². The van der Waals surface area contributed by atoms with E-state index in [2.05, 4.69) is 11.4 Å². The van der Waals surface area contributed by atoms with Crippen LogP contribution in [0.5, 0.6) is 0 Å². The predicted octanol–water partition coefficient (Wildman–Crippen LogP) is 2.01. The van der Waals surface area contributed by atoms with Crippen molar-refractivity contribution in [2.45, 2.75) is 45.4 Å². The molecule has 1 heterocycles. The maximum atomic E-state index is 10.9. The number of rotatable bonds is 5. The zero-order valence-corrected chi connectivity index (χ0v) is 10.8. The van der Waals surface area contributed by atoms with E-state index < -0.39 is 0 Å². The molecule has 0 radical (unpaired) electrons. The summed E-state index contributed by atoms with van der Waals surface area (Å²) in [5.41, 5.74) is 0. The van der Waals surface area contributed by atoms with Crippen LogP contribution in [0.4, 0.5) is 0 Å². The zero-order valence-electron chi connectivity index (χ0n) is 9.96. The van der Waals surface area contributed by atoms with Crippen molar-refractivity contribution >= 4 is 11.8 Å². The minimum absolute atomic E-state index is 0.103. The Balaban J connectivity index is 2.71. The molecule has 0 aliphatic carbocycles. The van der Waals surface area contributed by atoms with Gasteiger partial charge >= 0.3 is 0 Å². The number of nitroso groups, excluding NO2 is 1. The maximum Gasteiger partial charge on any atom is 0.109 e. The molecule has 0 bridgehead atoms. The zero-order chi connectivity index (χ0) is 12.1. The highest BCUT2D eigenvalue weighted by Crippen LogP contribution is 2.25. The molecule has 0 aromatic heterocycles. The standard InChI is InChI=1S/C10H18N4OS/c1-4-8(2)14(12-15)9(3)13-7-16-6-10(13)5-11/h8-10H,4,6-7H2,1-3H3. The van der Waals surface area contributed by atoms with Gasteiger partial charge in [-0.1, -0.05) is 6.92 Å². The molecule has 0 aromatic rings. The summed E-state index contributed by atoms with van der Waals surface area (Å²) in [5.74, 6) is 1.61. The van der Waals surface area contributed by atoms with Crippen molar-refractivity contribution in [3.63, 3.8) is 0 Å². The van der Waals surface area contributed by atoms with Gasteiger partial charge in [0.25, 0.3) is 0 Å². The second kappa shape index (κ2) is 6.06. The summed E-state index contributed by atoms with van der Waals surface area (Å²) in [6.07, 6.45) is 0.765. The normalized spacial score (nSPS) is 24.8. The molecule has 1 rings (SSSR count). The highest BCUT2D eigenvalue weighted by molar-refractivity contribution is 7.99. The third kappa shape index (κ3) is 2.66. The van der Waals surface area contributed by atoms with Crippen molar-refractivity contribution < 1.29 is 0 Å². The Hall–Kier alpha value is -0.800. The van der Waals surface area contributed by atoms with E-state index in [0.29, 0.717) is 0 Å². The summed E-state index contributed by atoms with van der Waals surface area (Å²) >= 11 is 1.72. The average Bonchev–Trinajstić information content (AvgIpc) is 2.77. The lowest BCUT2D eigenvalue weighted by Gasteiger charge is -2.35. The molecule has 3 atom stereocenters. The summed E-state index contributed by atoms with van der Waals surface area (Å²) in [7, 11) is 0. The van der Waals surface area contributed by atoms with Gasteiger partial charge in [0.2, 0.25) is 0 Å². The fourth-order valence-corrected chi connectivity index (χ4v) is 2.99. The van der Waals surface area contributed by atoms with Crippen LogP contribution >= 0.6 is 11.8 Å². The molecule has 16 heavy (non-hydrogen) atoms. The minimum atomic E-state index is -0.105. The first-order valence-corrected chi connectivity index (χ1v) is 6.65. The monoisotopic (exact) mass is 242 g/mol. The fourth-order valence-electron chi connectivity index (χ4n) is 1.79. The van der Waals surface area contributed by atoms with Gasteiger partial charge in [-0.05, 0) is 20.3 Å². The molecule has 3 unspecified atom stereocenters. The summed E-state index contributed by atoms with van der Waals surface area (Å²) < 4.78 is 0. The molecule has 0 amide bonds. The van der Waals surface area contributed by atoms with Crippen molar-refractivity contribution in [2.24, 2.45) is 5.29 Å². The number of nitriles is 1. The van der Waals surface area contributed by atoms with Crippen molar-refractivity contribution in [1.82, 2.24) is 9.91 Å². The Labute approximate surface area is 101 Å². The highest BCUT2D eigenvalue weighted by atomic mass is 32.2. The van der Waals surface area contributed by atoms with Crippen LogP contribution < -0.4 is 0 Å². The van der Waals surface area contributed by atoms with Crippen LogP contribution in [-0.4, -0.2) is 39.8 Å². The fraction of sp³-hybridized carbons (Fsp3) is 0.900. The number of hydrogen-bond donors (Lipinski definition) is 0. The summed E-state index contributed by atoms with van der Waals surface area (Å²) in [5, 5.41) is 13.7. The van der Waals surface area contributed by atoms with E-state index in [-0.39, 0.29) is 18.2 Å². The minimum Gasteiger partial charge on any atom is -0.256 e. The molecule has 1 saturated heterocycles. The van der Waals surface area contributed by atoms with Crippen LogP contribution in [0.3, 0.4) is 0 Å². The lowest BCUT2D eigenvalue weighted by atomic mass is 10.2. The topological polar surface area (TPSA) is 59.7 Å². The molecule has 1 aliphatic rings. The van der Waals surface area contributed by atoms with Crippen LogP contribution in [-0.2, 0) is 0 Å². The lowest BCUT2D eigenvalue weighted by Crippen LogP contribution is -2.49. The van der Waals surface area contributed by atoms with Gasteiger partial charge in [0, 0.05) is 17.7 Å². The van der Waals surface area contributed by atoms with E-state index in [1.807, 2.05) is 25.7 Å². The first kappa shape index (κ1) is 13.3. The van der Waals surface area contributed by atoms with Crippen LogP contribution in [0.25, 0.3) is 0 Å². The molecule has 5 nitrogen and oxygen atoms in total. The number of nitrogens with zero attached hydrogens (tertiary/aromatic N) is 4. The Kier molecular flexibility index (Phi) is 5.03. The van der Waals surface area contributed by atoms with Gasteiger partial charge < -0.3 is 0 Å². The lowest BCUT2D eigenvalue weighted by molar-refractivity contribution is 0.0341. The van der Waals surface area contributed by atoms with Crippen LogP contribution in [0.2, 0.25) is 0 Å². The largest absolute Gasteiger partial charge is 0.256 e. The third-order valence-corrected chi connectivity index (χ3v) is 4.10. The van der Waals surface area contributed by atoms with Gasteiger partial charge in [0.1, 0.15) is 12.2 Å². The number of hydrogen-bond acceptors (Lipinski definition) is 5. The molecule has 1 fully saturated rings. The first-order valence-electron chi connectivity index (χ1n) is 5.50. The Bertz CT molecular complexity index is 280. The van der Waals surface area contributed by atoms with Crippen molar-refractivity contribution in [3.8, 4) is 6.07 Å². The number of thioether (sulfide) groups is 1. The van der Waals surface area contributed by atoms with E-state index >= 15 is 0 Å². The third-order valence-electron chi connectivity index (χ3n) is 3.06. The van der Waals surface area contributed by atoms with E-state index in [1.54, 1.807) is 16.8 Å². The summed E-state index contributed by atoms with van der Waals surface area (Å²) in [4.78, 5) is 12.9. The molecule has 0 saturated carbocycles. The highest BCUT2D eigenvalue weighted by Gasteiger charge is 2.33. The predicted molar refractivity (Wildman–Crippen MR) is 65.4 cm³/mol. The molecule has 90 valence electrons. The maximum absolute atomic E-state index is 10.9. The van der Waals surface area contributed by atoms with Crippen molar-refractivity contribution in [1.29, 1.82) is 5.26 Å². The Morgan fingerprint density at radius 2 is 2.38 bits per heavy atom. The van der Waals surface area contributed by atoms with Gasteiger partial charge in [-0.15, -0.1) is 16.7 Å². The average molecular weight is 242 g/mol. The Morgan fingerprint density at radius 1 is 1.69 bits per heavy atom. The van der Waals surface area contributed by atoms with Crippen molar-refractivity contribution in [2.75, 3.05) is 11.6 Å². The van der Waals surface area contributed by atoms with E-state index in [9.17, 15) is 4.91 Å².